The predicted molar refractivity (Wildman–Crippen MR) is 84.5 cm³/mol. The maximum absolute atomic E-state index is 12.0. The first kappa shape index (κ1) is 16.7. The number of carbonyl (C=O) groups excluding carboxylic acids is 2. The van der Waals surface area contributed by atoms with Gasteiger partial charge in [0.2, 0.25) is 0 Å². The smallest absolute Gasteiger partial charge is 0.256 e. The molecule has 122 valence electrons. The first-order valence-electron chi connectivity index (χ1n) is 7.22. The molecule has 0 saturated heterocycles. The average molecular weight is 317 g/mol. The Kier molecular flexibility index (Phi) is 5.87. The van der Waals surface area contributed by atoms with Crippen LogP contribution in [-0.4, -0.2) is 37.2 Å². The van der Waals surface area contributed by atoms with Gasteiger partial charge in [0.1, 0.15) is 5.76 Å². The third-order valence-corrected chi connectivity index (χ3v) is 3.09. The Hall–Kier alpha value is -2.67. The normalized spacial score (nSPS) is 10.3. The number of hydrogen-bond acceptors (Lipinski definition) is 5. The quantitative estimate of drug-likeness (QED) is 0.762. The van der Waals surface area contributed by atoms with Crippen LogP contribution in [0.3, 0.4) is 0 Å². The fourth-order valence-corrected chi connectivity index (χ4v) is 1.91. The monoisotopic (exact) mass is 317 g/mol. The molecule has 0 saturated carbocycles. The zero-order chi connectivity index (χ0) is 16.7. The molecule has 0 bridgehead atoms. The van der Waals surface area contributed by atoms with E-state index in [0.29, 0.717) is 35.9 Å². The van der Waals surface area contributed by atoms with E-state index in [2.05, 4.69) is 15.8 Å². The van der Waals surface area contributed by atoms with Gasteiger partial charge in [-0.1, -0.05) is 5.16 Å². The minimum absolute atomic E-state index is 0.180. The van der Waals surface area contributed by atoms with Gasteiger partial charge < -0.3 is 19.9 Å². The van der Waals surface area contributed by atoms with Crippen molar-refractivity contribution in [3.63, 3.8) is 0 Å². The van der Waals surface area contributed by atoms with Crippen LogP contribution in [0.1, 0.15) is 32.9 Å². The van der Waals surface area contributed by atoms with Crippen LogP contribution >= 0.6 is 0 Å². The number of hydrogen-bond donors (Lipinski definition) is 2. The predicted octanol–water partition coefficient (Wildman–Crippen LogP) is 2.00. The highest BCUT2D eigenvalue weighted by molar-refractivity contribution is 6.04. The molecule has 2 rings (SSSR count). The van der Waals surface area contributed by atoms with Gasteiger partial charge in [-0.25, -0.2) is 0 Å². The Morgan fingerprint density at radius 3 is 2.39 bits per heavy atom. The van der Waals surface area contributed by atoms with Gasteiger partial charge in [-0.15, -0.1) is 0 Å². The number of amides is 2. The second-order valence-electron chi connectivity index (χ2n) is 4.96. The van der Waals surface area contributed by atoms with Gasteiger partial charge in [0.05, 0.1) is 0 Å². The highest BCUT2D eigenvalue weighted by Crippen LogP contribution is 2.10. The number of aromatic nitrogens is 1. The van der Waals surface area contributed by atoms with Crippen molar-refractivity contribution in [1.82, 2.24) is 10.5 Å². The molecular formula is C16H19N3O4. The van der Waals surface area contributed by atoms with Crippen molar-refractivity contribution in [3.05, 3.63) is 47.2 Å². The maximum Gasteiger partial charge on any atom is 0.256 e. The first-order chi connectivity index (χ1) is 11.1. The highest BCUT2D eigenvalue weighted by atomic mass is 16.5. The molecule has 0 unspecified atom stereocenters. The summed E-state index contributed by atoms with van der Waals surface area (Å²) in [4.78, 5) is 23.9. The van der Waals surface area contributed by atoms with E-state index in [9.17, 15) is 9.59 Å². The molecule has 7 heteroatoms. The molecule has 7 nitrogen and oxygen atoms in total. The van der Waals surface area contributed by atoms with Crippen molar-refractivity contribution >= 4 is 17.6 Å². The van der Waals surface area contributed by atoms with E-state index >= 15 is 0 Å². The van der Waals surface area contributed by atoms with Crippen LogP contribution in [0.5, 0.6) is 0 Å². The first-order valence-corrected chi connectivity index (χ1v) is 7.22. The third kappa shape index (κ3) is 4.93. The van der Waals surface area contributed by atoms with Crippen LogP contribution in [0, 0.1) is 6.92 Å². The van der Waals surface area contributed by atoms with Crippen molar-refractivity contribution in [2.75, 3.05) is 25.6 Å². The zero-order valence-corrected chi connectivity index (χ0v) is 13.1. The van der Waals surface area contributed by atoms with Crippen molar-refractivity contribution in [3.8, 4) is 0 Å². The van der Waals surface area contributed by atoms with Crippen molar-refractivity contribution in [2.45, 2.75) is 13.3 Å². The summed E-state index contributed by atoms with van der Waals surface area (Å²) in [6.07, 6.45) is 0.750. The van der Waals surface area contributed by atoms with Crippen LogP contribution in [0.2, 0.25) is 0 Å². The number of nitrogens with zero attached hydrogens (tertiary/aromatic N) is 1. The number of carbonyl (C=O) groups is 2. The number of ether oxygens (including phenoxy) is 1. The lowest BCUT2D eigenvalue weighted by Gasteiger charge is -2.06. The highest BCUT2D eigenvalue weighted by Gasteiger charge is 2.10. The second-order valence-corrected chi connectivity index (χ2v) is 4.96. The molecule has 0 aliphatic heterocycles. The molecule has 2 N–H and O–H groups in total. The van der Waals surface area contributed by atoms with Gasteiger partial charge in [-0.3, -0.25) is 9.59 Å². The van der Waals surface area contributed by atoms with Gasteiger partial charge in [-0.2, -0.15) is 0 Å². The second kappa shape index (κ2) is 8.09. The van der Waals surface area contributed by atoms with Gasteiger partial charge in [-0.05, 0) is 37.6 Å². The Morgan fingerprint density at radius 2 is 1.83 bits per heavy atom. The van der Waals surface area contributed by atoms with E-state index < -0.39 is 0 Å². The fourth-order valence-electron chi connectivity index (χ4n) is 1.91. The van der Waals surface area contributed by atoms with Gasteiger partial charge in [0.15, 0.2) is 5.82 Å². The molecule has 2 amide bonds. The topological polar surface area (TPSA) is 93.5 Å². The van der Waals surface area contributed by atoms with Gasteiger partial charge >= 0.3 is 0 Å². The van der Waals surface area contributed by atoms with Crippen LogP contribution in [0.25, 0.3) is 0 Å². The molecule has 0 aliphatic rings. The Balaban J connectivity index is 1.90. The molecule has 2 aromatic rings. The minimum atomic E-state index is -0.314. The number of rotatable bonds is 7. The van der Waals surface area contributed by atoms with Crippen LogP contribution in [0.4, 0.5) is 5.82 Å². The standard InChI is InChI=1S/C16H19N3O4/c1-11-10-14(19-23-11)18-16(21)13-6-4-12(5-7-13)15(20)17-8-3-9-22-2/h4-7,10H,3,8-9H2,1-2H3,(H,17,20)(H,18,19,21). The summed E-state index contributed by atoms with van der Waals surface area (Å²) in [5.41, 5.74) is 0.929. The molecule has 0 fully saturated rings. The third-order valence-electron chi connectivity index (χ3n) is 3.09. The summed E-state index contributed by atoms with van der Waals surface area (Å²) in [7, 11) is 1.62. The largest absolute Gasteiger partial charge is 0.385 e. The lowest BCUT2D eigenvalue weighted by atomic mass is 10.1. The lowest BCUT2D eigenvalue weighted by Crippen LogP contribution is -2.25. The Bertz CT molecular complexity index is 664. The van der Waals surface area contributed by atoms with E-state index in [1.165, 1.54) is 0 Å². The van der Waals surface area contributed by atoms with Gasteiger partial charge in [0, 0.05) is 37.5 Å². The van der Waals surface area contributed by atoms with E-state index in [0.717, 1.165) is 6.42 Å². The van der Waals surface area contributed by atoms with Crippen molar-refractivity contribution < 1.29 is 18.8 Å². The molecule has 0 radical (unpaired) electrons. The molecule has 1 heterocycles. The minimum Gasteiger partial charge on any atom is -0.385 e. The number of anilines is 1. The number of nitrogens with one attached hydrogen (secondary N) is 2. The zero-order valence-electron chi connectivity index (χ0n) is 13.1. The fraction of sp³-hybridized carbons (Fsp3) is 0.312. The molecule has 1 aromatic carbocycles. The summed E-state index contributed by atoms with van der Waals surface area (Å²) in [6, 6.07) is 8.02. The van der Waals surface area contributed by atoms with E-state index in [4.69, 9.17) is 9.26 Å². The van der Waals surface area contributed by atoms with Crippen LogP contribution in [0.15, 0.2) is 34.9 Å². The summed E-state index contributed by atoms with van der Waals surface area (Å²) in [5.74, 6) is 0.471. The summed E-state index contributed by atoms with van der Waals surface area (Å²) in [5, 5.41) is 9.10. The average Bonchev–Trinajstić information content (AvgIpc) is 2.96. The number of methoxy groups -OCH3 is 1. The molecular weight excluding hydrogens is 298 g/mol. The van der Waals surface area contributed by atoms with E-state index in [1.54, 1.807) is 44.4 Å². The molecule has 0 spiro atoms. The summed E-state index contributed by atoms with van der Waals surface area (Å²) in [6.45, 7) is 2.88. The van der Waals surface area contributed by atoms with Crippen LogP contribution in [-0.2, 0) is 4.74 Å². The number of aryl methyl sites for hydroxylation is 1. The van der Waals surface area contributed by atoms with Crippen LogP contribution < -0.4 is 10.6 Å². The Morgan fingerprint density at radius 1 is 1.17 bits per heavy atom. The summed E-state index contributed by atoms with van der Waals surface area (Å²) >= 11 is 0. The van der Waals surface area contributed by atoms with E-state index in [1.807, 2.05) is 0 Å². The summed E-state index contributed by atoms with van der Waals surface area (Å²) < 4.78 is 9.79. The molecule has 23 heavy (non-hydrogen) atoms. The van der Waals surface area contributed by atoms with Gasteiger partial charge in [0.25, 0.3) is 11.8 Å². The Labute approximate surface area is 134 Å². The van der Waals surface area contributed by atoms with E-state index in [-0.39, 0.29) is 11.8 Å². The molecule has 0 atom stereocenters. The lowest BCUT2D eigenvalue weighted by molar-refractivity contribution is 0.0946. The SMILES string of the molecule is COCCCNC(=O)c1ccc(C(=O)Nc2cc(C)on2)cc1. The maximum atomic E-state index is 12.0. The molecule has 1 aromatic heterocycles. The van der Waals surface area contributed by atoms with Crippen molar-refractivity contribution in [2.24, 2.45) is 0 Å². The van der Waals surface area contributed by atoms with Crippen molar-refractivity contribution in [1.29, 1.82) is 0 Å². The molecule has 0 aliphatic carbocycles. The number of benzene rings is 1.